The monoisotopic (exact) mass is 415 g/mol. The normalized spacial score (nSPS) is 16.1. The number of rotatable bonds is 6. The number of carbonyl (C=O) groups excluding carboxylic acids is 2. The molecule has 2 amide bonds. The predicted octanol–water partition coefficient (Wildman–Crippen LogP) is 4.20. The van der Waals surface area contributed by atoms with Crippen molar-refractivity contribution in [3.63, 3.8) is 0 Å². The van der Waals surface area contributed by atoms with E-state index in [1.807, 2.05) is 18.2 Å². The number of nitrogens with one attached hydrogen (secondary N) is 2. The first-order valence-corrected chi connectivity index (χ1v) is 10.2. The van der Waals surface area contributed by atoms with Gasteiger partial charge in [-0.15, -0.1) is 0 Å². The van der Waals surface area contributed by atoms with Crippen LogP contribution in [0.2, 0.25) is 0 Å². The molecule has 7 heteroatoms. The SMILES string of the molecule is CC(=O)Nc1cc(NC(=O)C(C)N2CCC(Cc3ccccc3)CC2)c(F)cc1F. The number of carbonyl (C=O) groups is 2. The Morgan fingerprint density at radius 3 is 2.23 bits per heavy atom. The highest BCUT2D eigenvalue weighted by Gasteiger charge is 2.27. The molecule has 1 unspecified atom stereocenters. The van der Waals surface area contributed by atoms with Gasteiger partial charge in [0.2, 0.25) is 11.8 Å². The van der Waals surface area contributed by atoms with Crippen molar-refractivity contribution in [1.29, 1.82) is 0 Å². The molecule has 2 aromatic rings. The summed E-state index contributed by atoms with van der Waals surface area (Å²) in [6.07, 6.45) is 3.01. The maximum Gasteiger partial charge on any atom is 0.241 e. The third kappa shape index (κ3) is 5.63. The molecule has 1 aliphatic rings. The summed E-state index contributed by atoms with van der Waals surface area (Å²) in [6.45, 7) is 4.58. The van der Waals surface area contributed by atoms with Crippen molar-refractivity contribution >= 4 is 23.2 Å². The zero-order valence-corrected chi connectivity index (χ0v) is 17.3. The summed E-state index contributed by atoms with van der Waals surface area (Å²) < 4.78 is 27.9. The summed E-state index contributed by atoms with van der Waals surface area (Å²) in [6, 6.07) is 11.7. The van der Waals surface area contributed by atoms with Crippen molar-refractivity contribution in [2.24, 2.45) is 5.92 Å². The van der Waals surface area contributed by atoms with E-state index in [-0.39, 0.29) is 17.3 Å². The molecule has 2 N–H and O–H groups in total. The quantitative estimate of drug-likeness (QED) is 0.743. The summed E-state index contributed by atoms with van der Waals surface area (Å²) in [7, 11) is 0. The van der Waals surface area contributed by atoms with Crippen LogP contribution in [0.15, 0.2) is 42.5 Å². The smallest absolute Gasteiger partial charge is 0.241 e. The molecule has 1 atom stereocenters. The van der Waals surface area contributed by atoms with Gasteiger partial charge in [0, 0.05) is 13.0 Å². The first-order valence-electron chi connectivity index (χ1n) is 10.2. The fourth-order valence-corrected chi connectivity index (χ4v) is 3.82. The lowest BCUT2D eigenvalue weighted by atomic mass is 9.89. The Hall–Kier alpha value is -2.80. The van der Waals surface area contributed by atoms with E-state index in [1.54, 1.807) is 6.92 Å². The molecule has 1 aliphatic heterocycles. The van der Waals surface area contributed by atoms with E-state index >= 15 is 0 Å². The summed E-state index contributed by atoms with van der Waals surface area (Å²) in [4.78, 5) is 25.9. The molecule has 0 saturated carbocycles. The van der Waals surface area contributed by atoms with Gasteiger partial charge in [-0.3, -0.25) is 14.5 Å². The van der Waals surface area contributed by atoms with Crippen molar-refractivity contribution in [2.45, 2.75) is 39.2 Å². The zero-order chi connectivity index (χ0) is 21.7. The average Bonchev–Trinajstić information content (AvgIpc) is 2.72. The molecular formula is C23H27F2N3O2. The fourth-order valence-electron chi connectivity index (χ4n) is 3.82. The molecule has 0 aromatic heterocycles. The van der Waals surface area contributed by atoms with E-state index < -0.39 is 23.6 Å². The van der Waals surface area contributed by atoms with E-state index in [0.717, 1.165) is 38.4 Å². The van der Waals surface area contributed by atoms with Gasteiger partial charge in [0.15, 0.2) is 0 Å². The summed E-state index contributed by atoms with van der Waals surface area (Å²) in [5.41, 5.74) is 0.994. The number of benzene rings is 2. The maximum atomic E-state index is 14.1. The molecule has 30 heavy (non-hydrogen) atoms. The lowest BCUT2D eigenvalue weighted by Gasteiger charge is -2.35. The fraction of sp³-hybridized carbons (Fsp3) is 0.391. The molecule has 5 nitrogen and oxygen atoms in total. The number of halogens is 2. The van der Waals surface area contributed by atoms with Crippen molar-refractivity contribution in [3.8, 4) is 0 Å². The lowest BCUT2D eigenvalue weighted by Crippen LogP contribution is -2.46. The molecule has 1 saturated heterocycles. The van der Waals surface area contributed by atoms with Crippen LogP contribution in [0.3, 0.4) is 0 Å². The standard InChI is InChI=1S/C23H27F2N3O2/c1-15(28-10-8-18(9-11-28)12-17-6-4-3-5-7-17)23(30)27-22-14-21(26-16(2)29)19(24)13-20(22)25/h3-7,13-15,18H,8-12H2,1-2H3,(H,26,29)(H,27,30). The lowest BCUT2D eigenvalue weighted by molar-refractivity contribution is -0.121. The van der Waals surface area contributed by atoms with Gasteiger partial charge >= 0.3 is 0 Å². The van der Waals surface area contributed by atoms with E-state index in [1.165, 1.54) is 12.5 Å². The minimum Gasteiger partial charge on any atom is -0.324 e. The molecular weight excluding hydrogens is 388 g/mol. The molecule has 2 aromatic carbocycles. The Morgan fingerprint density at radius 2 is 1.63 bits per heavy atom. The van der Waals surface area contributed by atoms with Crippen LogP contribution in [-0.2, 0) is 16.0 Å². The van der Waals surface area contributed by atoms with E-state index in [0.29, 0.717) is 12.0 Å². The predicted molar refractivity (Wildman–Crippen MR) is 113 cm³/mol. The second-order valence-corrected chi connectivity index (χ2v) is 7.83. The van der Waals surface area contributed by atoms with Gasteiger partial charge in [-0.2, -0.15) is 0 Å². The Labute approximate surface area is 175 Å². The largest absolute Gasteiger partial charge is 0.324 e. The van der Waals surface area contributed by atoms with Gasteiger partial charge in [-0.25, -0.2) is 8.78 Å². The number of hydrogen-bond acceptors (Lipinski definition) is 3. The average molecular weight is 415 g/mol. The number of likely N-dealkylation sites (tertiary alicyclic amines) is 1. The zero-order valence-electron chi connectivity index (χ0n) is 17.3. The van der Waals surface area contributed by atoms with E-state index in [2.05, 4.69) is 27.7 Å². The van der Waals surface area contributed by atoms with Gasteiger partial charge in [-0.1, -0.05) is 30.3 Å². The first-order chi connectivity index (χ1) is 14.3. The third-order valence-electron chi connectivity index (χ3n) is 5.57. The van der Waals surface area contributed by atoms with Crippen LogP contribution in [0.1, 0.15) is 32.3 Å². The van der Waals surface area contributed by atoms with Crippen molar-refractivity contribution < 1.29 is 18.4 Å². The summed E-state index contributed by atoms with van der Waals surface area (Å²) >= 11 is 0. The van der Waals surface area contributed by atoms with E-state index in [9.17, 15) is 18.4 Å². The Morgan fingerprint density at radius 1 is 1.03 bits per heavy atom. The van der Waals surface area contributed by atoms with Crippen LogP contribution < -0.4 is 10.6 Å². The van der Waals surface area contributed by atoms with Crippen molar-refractivity contribution in [3.05, 3.63) is 59.7 Å². The highest BCUT2D eigenvalue weighted by molar-refractivity contribution is 5.96. The topological polar surface area (TPSA) is 61.4 Å². The number of nitrogens with zero attached hydrogens (tertiary/aromatic N) is 1. The van der Waals surface area contributed by atoms with Crippen LogP contribution in [0.5, 0.6) is 0 Å². The summed E-state index contributed by atoms with van der Waals surface area (Å²) in [5, 5.41) is 4.81. The van der Waals surface area contributed by atoms with Crippen LogP contribution in [0, 0.1) is 17.6 Å². The van der Waals surface area contributed by atoms with Crippen molar-refractivity contribution in [1.82, 2.24) is 4.90 Å². The van der Waals surface area contributed by atoms with Crippen LogP contribution in [-0.4, -0.2) is 35.8 Å². The molecule has 0 spiro atoms. The van der Waals surface area contributed by atoms with Gasteiger partial charge in [0.25, 0.3) is 0 Å². The molecule has 1 heterocycles. The second kappa shape index (κ2) is 9.80. The molecule has 160 valence electrons. The molecule has 0 bridgehead atoms. The van der Waals surface area contributed by atoms with E-state index in [4.69, 9.17) is 0 Å². The van der Waals surface area contributed by atoms with Crippen molar-refractivity contribution in [2.75, 3.05) is 23.7 Å². The first kappa shape index (κ1) is 21.9. The Kier molecular flexibility index (Phi) is 7.15. The second-order valence-electron chi connectivity index (χ2n) is 7.83. The Bertz CT molecular complexity index is 897. The van der Waals surface area contributed by atoms with Gasteiger partial charge in [0.05, 0.1) is 17.4 Å². The number of anilines is 2. The van der Waals surface area contributed by atoms with Crippen LogP contribution in [0.25, 0.3) is 0 Å². The number of amides is 2. The van der Waals surface area contributed by atoms with Crippen LogP contribution >= 0.6 is 0 Å². The number of piperidine rings is 1. The van der Waals surface area contributed by atoms with Gasteiger partial charge in [0.1, 0.15) is 11.6 Å². The van der Waals surface area contributed by atoms with Gasteiger partial charge < -0.3 is 10.6 Å². The third-order valence-corrected chi connectivity index (χ3v) is 5.57. The molecule has 3 rings (SSSR count). The minimum absolute atomic E-state index is 0.157. The molecule has 0 aliphatic carbocycles. The minimum atomic E-state index is -0.894. The summed E-state index contributed by atoms with van der Waals surface area (Å²) in [5.74, 6) is -2.05. The number of hydrogen-bond donors (Lipinski definition) is 2. The maximum absolute atomic E-state index is 14.1. The Balaban J connectivity index is 1.57. The van der Waals surface area contributed by atoms with Gasteiger partial charge in [-0.05, 0) is 56.8 Å². The highest BCUT2D eigenvalue weighted by Crippen LogP contribution is 2.26. The van der Waals surface area contributed by atoms with Crippen LogP contribution in [0.4, 0.5) is 20.2 Å². The molecule has 0 radical (unpaired) electrons. The highest BCUT2D eigenvalue weighted by atomic mass is 19.1. The molecule has 1 fully saturated rings.